The molecule has 3 unspecified atom stereocenters. The van der Waals surface area contributed by atoms with E-state index in [0.29, 0.717) is 17.8 Å². The van der Waals surface area contributed by atoms with Crippen LogP contribution in [0.4, 0.5) is 10.1 Å². The second-order valence-electron chi connectivity index (χ2n) is 5.81. The molecule has 1 aromatic rings. The first-order valence-electron chi connectivity index (χ1n) is 7.00. The summed E-state index contributed by atoms with van der Waals surface area (Å²) in [6.07, 6.45) is 2.92. The average molecular weight is 264 g/mol. The van der Waals surface area contributed by atoms with Gasteiger partial charge in [0.15, 0.2) is 0 Å². The Balaban J connectivity index is 1.97. The van der Waals surface area contributed by atoms with Gasteiger partial charge >= 0.3 is 0 Å². The van der Waals surface area contributed by atoms with E-state index < -0.39 is 0 Å². The summed E-state index contributed by atoms with van der Waals surface area (Å²) in [6.45, 7) is 5.49. The molecule has 4 heteroatoms. The molecule has 2 heterocycles. The van der Waals surface area contributed by atoms with Crippen molar-refractivity contribution in [2.45, 2.75) is 44.9 Å². The first-order chi connectivity index (χ1) is 9.04. The minimum Gasteiger partial charge on any atom is -0.371 e. The van der Waals surface area contributed by atoms with E-state index >= 15 is 0 Å². The number of benzene rings is 1. The first kappa shape index (κ1) is 12.9. The lowest BCUT2D eigenvalue weighted by molar-refractivity contribution is 0.0304. The molecule has 3 nitrogen and oxygen atoms in total. The van der Waals surface area contributed by atoms with Crippen LogP contribution in [0, 0.1) is 12.7 Å². The van der Waals surface area contributed by atoms with Crippen LogP contribution in [0.2, 0.25) is 0 Å². The third-order valence-electron chi connectivity index (χ3n) is 4.18. The van der Waals surface area contributed by atoms with Crippen molar-refractivity contribution >= 4 is 5.69 Å². The predicted molar refractivity (Wildman–Crippen MR) is 73.8 cm³/mol. The van der Waals surface area contributed by atoms with E-state index in [0.717, 1.165) is 37.2 Å². The fourth-order valence-electron chi connectivity index (χ4n) is 3.13. The van der Waals surface area contributed by atoms with Crippen molar-refractivity contribution in [3.8, 4) is 0 Å². The summed E-state index contributed by atoms with van der Waals surface area (Å²) >= 11 is 0. The lowest BCUT2D eigenvalue weighted by atomic mass is 10.0. The Hall–Kier alpha value is -1.13. The van der Waals surface area contributed by atoms with E-state index in [1.54, 1.807) is 13.0 Å². The van der Waals surface area contributed by atoms with Gasteiger partial charge in [0, 0.05) is 24.8 Å². The Kier molecular flexibility index (Phi) is 3.23. The van der Waals surface area contributed by atoms with Gasteiger partial charge in [-0.3, -0.25) is 0 Å². The van der Waals surface area contributed by atoms with Gasteiger partial charge in [0.2, 0.25) is 0 Å². The smallest absolute Gasteiger partial charge is 0.126 e. The maximum atomic E-state index is 13.8. The number of ether oxygens (including phenoxy) is 1. The molecule has 3 atom stereocenters. The van der Waals surface area contributed by atoms with E-state index in [-0.39, 0.29) is 11.9 Å². The molecule has 3 rings (SSSR count). The third-order valence-corrected chi connectivity index (χ3v) is 4.18. The Morgan fingerprint density at radius 2 is 1.95 bits per heavy atom. The van der Waals surface area contributed by atoms with Crippen LogP contribution in [0.15, 0.2) is 12.1 Å². The number of nitrogens with zero attached hydrogens (tertiary/aromatic N) is 1. The summed E-state index contributed by atoms with van der Waals surface area (Å²) in [5, 5.41) is 0. The number of hydrogen-bond acceptors (Lipinski definition) is 3. The number of halogens is 1. The van der Waals surface area contributed by atoms with Crippen LogP contribution in [0.3, 0.4) is 0 Å². The van der Waals surface area contributed by atoms with Gasteiger partial charge in [-0.15, -0.1) is 0 Å². The van der Waals surface area contributed by atoms with Crippen LogP contribution in [-0.2, 0) is 4.74 Å². The number of anilines is 1. The maximum Gasteiger partial charge on any atom is 0.126 e. The number of aryl methyl sites for hydroxylation is 1. The SMILES string of the molecule is Cc1cc(N2CC3CCC(C2)O3)c(C(C)N)cc1F. The Morgan fingerprint density at radius 3 is 2.53 bits per heavy atom. The quantitative estimate of drug-likeness (QED) is 0.892. The second-order valence-corrected chi connectivity index (χ2v) is 5.81. The molecule has 0 saturated carbocycles. The standard InChI is InChI=1S/C15H21FN2O/c1-9-5-15(13(10(2)17)6-14(9)16)18-7-11-3-4-12(8-18)19-11/h5-6,10-12H,3-4,7-8,17H2,1-2H3. The van der Waals surface area contributed by atoms with Gasteiger partial charge in [0.1, 0.15) is 5.82 Å². The van der Waals surface area contributed by atoms with Crippen LogP contribution < -0.4 is 10.6 Å². The van der Waals surface area contributed by atoms with Gasteiger partial charge in [0.25, 0.3) is 0 Å². The zero-order valence-corrected chi connectivity index (χ0v) is 11.5. The van der Waals surface area contributed by atoms with Gasteiger partial charge in [0.05, 0.1) is 12.2 Å². The Bertz CT molecular complexity index is 477. The summed E-state index contributed by atoms with van der Waals surface area (Å²) in [6, 6.07) is 3.36. The minimum atomic E-state index is -0.174. The fraction of sp³-hybridized carbons (Fsp3) is 0.600. The average Bonchev–Trinajstić information content (AvgIpc) is 2.71. The van der Waals surface area contributed by atoms with E-state index in [2.05, 4.69) is 4.90 Å². The zero-order chi connectivity index (χ0) is 13.6. The minimum absolute atomic E-state index is 0.161. The highest BCUT2D eigenvalue weighted by molar-refractivity contribution is 5.57. The molecule has 0 radical (unpaired) electrons. The summed E-state index contributed by atoms with van der Waals surface area (Å²) in [5.74, 6) is -0.174. The number of hydrogen-bond donors (Lipinski definition) is 1. The van der Waals surface area contributed by atoms with E-state index in [1.807, 2.05) is 13.0 Å². The first-order valence-corrected chi connectivity index (χ1v) is 7.00. The van der Waals surface area contributed by atoms with Crippen LogP contribution in [0.25, 0.3) is 0 Å². The van der Waals surface area contributed by atoms with Crippen molar-refractivity contribution in [1.82, 2.24) is 0 Å². The molecule has 2 aliphatic rings. The van der Waals surface area contributed by atoms with Gasteiger partial charge < -0.3 is 15.4 Å². The van der Waals surface area contributed by atoms with Crippen LogP contribution in [0.1, 0.15) is 36.9 Å². The molecule has 2 saturated heterocycles. The summed E-state index contributed by atoms with van der Waals surface area (Å²) < 4.78 is 19.6. The van der Waals surface area contributed by atoms with E-state index in [9.17, 15) is 4.39 Å². The lowest BCUT2D eigenvalue weighted by Crippen LogP contribution is -2.43. The molecular formula is C15H21FN2O. The van der Waals surface area contributed by atoms with Crippen molar-refractivity contribution in [3.63, 3.8) is 0 Å². The van der Waals surface area contributed by atoms with E-state index in [1.165, 1.54) is 0 Å². The highest BCUT2D eigenvalue weighted by atomic mass is 19.1. The molecule has 19 heavy (non-hydrogen) atoms. The van der Waals surface area contributed by atoms with Crippen molar-refractivity contribution in [1.29, 1.82) is 0 Å². The molecule has 2 fully saturated rings. The molecule has 0 spiro atoms. The zero-order valence-electron chi connectivity index (χ0n) is 11.5. The summed E-state index contributed by atoms with van der Waals surface area (Å²) in [5.41, 5.74) is 8.65. The van der Waals surface area contributed by atoms with Crippen LogP contribution in [-0.4, -0.2) is 25.3 Å². The number of nitrogens with two attached hydrogens (primary N) is 1. The number of rotatable bonds is 2. The van der Waals surface area contributed by atoms with E-state index in [4.69, 9.17) is 10.5 Å². The Labute approximate surface area is 113 Å². The van der Waals surface area contributed by atoms with Crippen molar-refractivity contribution in [2.75, 3.05) is 18.0 Å². The second kappa shape index (κ2) is 4.76. The molecule has 0 aliphatic carbocycles. The van der Waals surface area contributed by atoms with Gasteiger partial charge in [-0.05, 0) is 49.9 Å². The third kappa shape index (κ3) is 2.35. The molecule has 0 amide bonds. The van der Waals surface area contributed by atoms with Crippen molar-refractivity contribution in [3.05, 3.63) is 29.1 Å². The highest BCUT2D eigenvalue weighted by Gasteiger charge is 2.34. The number of fused-ring (bicyclic) bond motifs is 2. The number of morpholine rings is 1. The van der Waals surface area contributed by atoms with Crippen LogP contribution in [0.5, 0.6) is 0 Å². The fourth-order valence-corrected chi connectivity index (χ4v) is 3.13. The molecule has 104 valence electrons. The topological polar surface area (TPSA) is 38.5 Å². The molecule has 2 aliphatic heterocycles. The Morgan fingerprint density at radius 1 is 1.32 bits per heavy atom. The molecule has 2 N–H and O–H groups in total. The van der Waals surface area contributed by atoms with Gasteiger partial charge in [-0.2, -0.15) is 0 Å². The molecular weight excluding hydrogens is 243 g/mol. The monoisotopic (exact) mass is 264 g/mol. The lowest BCUT2D eigenvalue weighted by Gasteiger charge is -2.35. The normalized spacial score (nSPS) is 27.7. The summed E-state index contributed by atoms with van der Waals surface area (Å²) in [7, 11) is 0. The predicted octanol–water partition coefficient (Wildman–Crippen LogP) is 2.52. The van der Waals surface area contributed by atoms with Crippen molar-refractivity contribution < 1.29 is 9.13 Å². The molecule has 1 aromatic carbocycles. The van der Waals surface area contributed by atoms with Gasteiger partial charge in [-0.25, -0.2) is 4.39 Å². The van der Waals surface area contributed by atoms with Crippen LogP contribution >= 0.6 is 0 Å². The molecule has 0 aromatic heterocycles. The maximum absolute atomic E-state index is 13.8. The van der Waals surface area contributed by atoms with Crippen molar-refractivity contribution in [2.24, 2.45) is 5.73 Å². The molecule has 2 bridgehead atoms. The van der Waals surface area contributed by atoms with Gasteiger partial charge in [-0.1, -0.05) is 0 Å². The highest BCUT2D eigenvalue weighted by Crippen LogP contribution is 2.34. The largest absolute Gasteiger partial charge is 0.371 e. The summed E-state index contributed by atoms with van der Waals surface area (Å²) in [4.78, 5) is 2.32.